The van der Waals surface area contributed by atoms with E-state index >= 15 is 0 Å². The van der Waals surface area contributed by atoms with Crippen LogP contribution in [0.5, 0.6) is 0 Å². The number of carbonyl (C=O) groups is 1. The third-order valence-corrected chi connectivity index (χ3v) is 2.96. The van der Waals surface area contributed by atoms with Crippen molar-refractivity contribution in [1.29, 1.82) is 0 Å². The summed E-state index contributed by atoms with van der Waals surface area (Å²) >= 11 is 11.9. The van der Waals surface area contributed by atoms with Gasteiger partial charge in [-0.3, -0.25) is 4.79 Å². The zero-order valence-electron chi connectivity index (χ0n) is 8.81. The van der Waals surface area contributed by atoms with E-state index in [-0.39, 0.29) is 0 Å². The van der Waals surface area contributed by atoms with Crippen molar-refractivity contribution in [1.82, 2.24) is 15.0 Å². The van der Waals surface area contributed by atoms with E-state index in [1.165, 1.54) is 10.9 Å². The summed E-state index contributed by atoms with van der Waals surface area (Å²) in [5.41, 5.74) is 1.42. The zero-order chi connectivity index (χ0) is 12.3. The fraction of sp³-hybridized carbons (Fsp3) is 0.182. The Morgan fingerprint density at radius 1 is 1.35 bits per heavy atom. The van der Waals surface area contributed by atoms with Crippen molar-refractivity contribution in [3.63, 3.8) is 0 Å². The first-order valence-electron chi connectivity index (χ1n) is 4.98. The first kappa shape index (κ1) is 12.1. The van der Waals surface area contributed by atoms with Crippen LogP contribution in [0, 0.1) is 0 Å². The smallest absolute Gasteiger partial charge is 0.169 e. The van der Waals surface area contributed by atoms with Crippen molar-refractivity contribution >= 4 is 29.5 Å². The van der Waals surface area contributed by atoms with Gasteiger partial charge >= 0.3 is 0 Å². The van der Waals surface area contributed by atoms with Crippen LogP contribution >= 0.6 is 23.2 Å². The van der Waals surface area contributed by atoms with Gasteiger partial charge in [0.05, 0.1) is 6.20 Å². The number of rotatable bonds is 4. The number of halogens is 2. The molecular formula is C11H9Cl2N3O. The lowest BCUT2D eigenvalue weighted by atomic mass is 10.1. The Kier molecular flexibility index (Phi) is 3.76. The molecule has 1 aromatic heterocycles. The Morgan fingerprint density at radius 3 is 2.88 bits per heavy atom. The summed E-state index contributed by atoms with van der Waals surface area (Å²) in [7, 11) is 0. The second kappa shape index (κ2) is 5.29. The number of aromatic nitrogens is 3. The Labute approximate surface area is 108 Å². The van der Waals surface area contributed by atoms with E-state index in [9.17, 15) is 4.79 Å². The largest absolute Gasteiger partial charge is 0.296 e. The number of carbonyl (C=O) groups excluding carboxylic acids is 1. The summed E-state index contributed by atoms with van der Waals surface area (Å²) in [5, 5.41) is 8.71. The number of hydrogen-bond acceptors (Lipinski definition) is 3. The van der Waals surface area contributed by atoms with Gasteiger partial charge in [0, 0.05) is 16.6 Å². The molecule has 0 atom stereocenters. The van der Waals surface area contributed by atoms with Crippen molar-refractivity contribution in [2.45, 2.75) is 13.0 Å². The van der Waals surface area contributed by atoms with Crippen LogP contribution in [0.2, 0.25) is 10.0 Å². The number of nitrogens with zero attached hydrogens (tertiary/aromatic N) is 3. The van der Waals surface area contributed by atoms with Gasteiger partial charge in [0.2, 0.25) is 0 Å². The maximum Gasteiger partial charge on any atom is 0.169 e. The second-order valence-corrected chi connectivity index (χ2v) is 4.33. The van der Waals surface area contributed by atoms with E-state index < -0.39 is 0 Å². The molecule has 0 unspecified atom stereocenters. The molecule has 6 heteroatoms. The normalized spacial score (nSPS) is 10.5. The average molecular weight is 270 g/mol. The molecule has 0 bridgehead atoms. The van der Waals surface area contributed by atoms with E-state index in [1.807, 2.05) is 6.07 Å². The molecule has 1 heterocycles. The fourth-order valence-electron chi connectivity index (χ4n) is 1.48. The lowest BCUT2D eigenvalue weighted by Crippen LogP contribution is -2.07. The van der Waals surface area contributed by atoms with Gasteiger partial charge in [-0.15, -0.1) is 5.10 Å². The summed E-state index contributed by atoms with van der Waals surface area (Å²) in [5.74, 6) is 0. The molecule has 0 amide bonds. The van der Waals surface area contributed by atoms with Gasteiger partial charge < -0.3 is 0 Å². The fourth-order valence-corrected chi connectivity index (χ4v) is 1.98. The van der Waals surface area contributed by atoms with Crippen LogP contribution in [0.25, 0.3) is 0 Å². The Morgan fingerprint density at radius 2 is 2.18 bits per heavy atom. The molecule has 1 aromatic carbocycles. The molecule has 0 spiro atoms. The molecular weight excluding hydrogens is 261 g/mol. The number of aldehydes is 1. The number of aryl methyl sites for hydroxylation is 2. The zero-order valence-corrected chi connectivity index (χ0v) is 10.3. The van der Waals surface area contributed by atoms with Crippen LogP contribution in [-0.4, -0.2) is 21.3 Å². The monoisotopic (exact) mass is 269 g/mol. The van der Waals surface area contributed by atoms with Crippen LogP contribution in [0.1, 0.15) is 16.1 Å². The molecule has 0 N–H and O–H groups in total. The van der Waals surface area contributed by atoms with Crippen LogP contribution in [0.15, 0.2) is 24.4 Å². The quantitative estimate of drug-likeness (QED) is 0.802. The third kappa shape index (κ3) is 2.84. The SMILES string of the molecule is O=Cc1cnnn1CCc1ccc(Cl)cc1Cl. The topological polar surface area (TPSA) is 47.8 Å². The molecule has 4 nitrogen and oxygen atoms in total. The summed E-state index contributed by atoms with van der Waals surface area (Å²) in [6, 6.07) is 5.34. The minimum Gasteiger partial charge on any atom is -0.296 e. The predicted octanol–water partition coefficient (Wildman–Crippen LogP) is 2.64. The van der Waals surface area contributed by atoms with Gasteiger partial charge in [0.1, 0.15) is 5.69 Å². The van der Waals surface area contributed by atoms with Crippen molar-refractivity contribution in [2.24, 2.45) is 0 Å². The Balaban J connectivity index is 2.10. The van der Waals surface area contributed by atoms with Crippen molar-refractivity contribution < 1.29 is 4.79 Å². The lowest BCUT2D eigenvalue weighted by molar-refractivity contribution is 0.111. The standard InChI is InChI=1S/C11H9Cl2N3O/c12-9-2-1-8(11(13)5-9)3-4-16-10(7-17)6-14-15-16/h1-2,5-7H,3-4H2. The van der Waals surface area contributed by atoms with Crippen molar-refractivity contribution in [3.05, 3.63) is 45.7 Å². The van der Waals surface area contributed by atoms with E-state index in [0.717, 1.165) is 11.8 Å². The first-order chi connectivity index (χ1) is 8.20. The van der Waals surface area contributed by atoms with Crippen LogP contribution in [0.3, 0.4) is 0 Å². The molecule has 0 saturated heterocycles. The molecule has 0 radical (unpaired) electrons. The van der Waals surface area contributed by atoms with Crippen LogP contribution < -0.4 is 0 Å². The first-order valence-corrected chi connectivity index (χ1v) is 5.74. The summed E-state index contributed by atoms with van der Waals surface area (Å²) < 4.78 is 1.54. The van der Waals surface area contributed by atoms with Crippen molar-refractivity contribution in [2.75, 3.05) is 0 Å². The molecule has 0 fully saturated rings. The second-order valence-electron chi connectivity index (χ2n) is 3.49. The molecule has 88 valence electrons. The van der Waals surface area contributed by atoms with Gasteiger partial charge in [0.25, 0.3) is 0 Å². The maximum absolute atomic E-state index is 10.7. The highest BCUT2D eigenvalue weighted by Gasteiger charge is 2.05. The van der Waals surface area contributed by atoms with E-state index in [4.69, 9.17) is 23.2 Å². The lowest BCUT2D eigenvalue weighted by Gasteiger charge is -2.05. The van der Waals surface area contributed by atoms with Gasteiger partial charge in [-0.1, -0.05) is 34.5 Å². The van der Waals surface area contributed by atoms with E-state index in [1.54, 1.807) is 12.1 Å². The minimum atomic E-state index is 0.454. The summed E-state index contributed by atoms with van der Waals surface area (Å²) in [6.45, 7) is 0.551. The highest BCUT2D eigenvalue weighted by atomic mass is 35.5. The van der Waals surface area contributed by atoms with Gasteiger partial charge in [0.15, 0.2) is 6.29 Å². The third-order valence-electron chi connectivity index (χ3n) is 2.38. The van der Waals surface area contributed by atoms with Crippen LogP contribution in [0.4, 0.5) is 0 Å². The number of benzene rings is 1. The summed E-state index contributed by atoms with van der Waals surface area (Å²) in [4.78, 5) is 10.7. The van der Waals surface area contributed by atoms with Gasteiger partial charge in [-0.2, -0.15) is 0 Å². The molecule has 17 heavy (non-hydrogen) atoms. The Bertz CT molecular complexity index is 539. The van der Waals surface area contributed by atoms with Gasteiger partial charge in [-0.25, -0.2) is 4.68 Å². The average Bonchev–Trinajstić information content (AvgIpc) is 2.75. The molecule has 0 aliphatic carbocycles. The molecule has 0 saturated carbocycles. The Hall–Kier alpha value is -1.39. The van der Waals surface area contributed by atoms with Gasteiger partial charge in [-0.05, 0) is 24.1 Å². The van der Waals surface area contributed by atoms with Crippen molar-refractivity contribution in [3.8, 4) is 0 Å². The molecule has 2 aromatic rings. The minimum absolute atomic E-state index is 0.454. The van der Waals surface area contributed by atoms with E-state index in [0.29, 0.717) is 28.7 Å². The molecule has 0 aliphatic rings. The van der Waals surface area contributed by atoms with Crippen LogP contribution in [-0.2, 0) is 13.0 Å². The summed E-state index contributed by atoms with van der Waals surface area (Å²) in [6.07, 6.45) is 2.82. The molecule has 2 rings (SSSR count). The molecule has 0 aliphatic heterocycles. The van der Waals surface area contributed by atoms with E-state index in [2.05, 4.69) is 10.3 Å². The number of hydrogen-bond donors (Lipinski definition) is 0. The predicted molar refractivity (Wildman–Crippen MR) is 65.6 cm³/mol. The highest BCUT2D eigenvalue weighted by Crippen LogP contribution is 2.21. The highest BCUT2D eigenvalue weighted by molar-refractivity contribution is 6.35. The maximum atomic E-state index is 10.7.